The van der Waals surface area contributed by atoms with Gasteiger partial charge in [-0.1, -0.05) is 139 Å². The fraction of sp³-hybridized carbons (Fsp3) is 0.0476. The molecule has 0 saturated heterocycles. The van der Waals surface area contributed by atoms with E-state index in [2.05, 4.69) is 0 Å². The molecule has 0 radical (unpaired) electrons. The quantitative estimate of drug-likeness (QED) is 0.146. The summed E-state index contributed by atoms with van der Waals surface area (Å²) in [6.45, 7) is 1.22. The van der Waals surface area contributed by atoms with Crippen molar-refractivity contribution in [1.29, 1.82) is 0 Å². The van der Waals surface area contributed by atoms with E-state index in [-0.39, 0.29) is 0 Å². The van der Waals surface area contributed by atoms with E-state index in [1.54, 1.807) is 0 Å². The van der Waals surface area contributed by atoms with Crippen molar-refractivity contribution in [2.45, 2.75) is 12.3 Å². The Morgan fingerprint density at radius 3 is 1.88 bits per heavy atom. The summed E-state index contributed by atoms with van der Waals surface area (Å²) in [5, 5.41) is -4.45. The van der Waals surface area contributed by atoms with Crippen LogP contribution in [0.1, 0.15) is 57.9 Å². The summed E-state index contributed by atoms with van der Waals surface area (Å²) >= 11 is 0. The van der Waals surface area contributed by atoms with Crippen LogP contribution >= 0.6 is 0 Å². The molecule has 0 spiro atoms. The van der Waals surface area contributed by atoms with Crippen molar-refractivity contribution in [2.24, 2.45) is 0 Å². The first-order valence-electron chi connectivity index (χ1n) is 25.2. The summed E-state index contributed by atoms with van der Waals surface area (Å²) < 4.78 is 226. The lowest BCUT2D eigenvalue weighted by Crippen LogP contribution is -2.22. The minimum Gasteiger partial charge on any atom is -0.0622 e. The van der Waals surface area contributed by atoms with Crippen LogP contribution < -0.4 is 0 Å². The molecule has 196 valence electrons. The third kappa shape index (κ3) is 3.12. The molecule has 1 aliphatic rings. The minimum absolute atomic E-state index is 0.391. The lowest BCUT2D eigenvalue weighted by molar-refractivity contribution is 0.720. The Labute approximate surface area is 280 Å². The molecule has 0 saturated carbocycles. The Hall–Kier alpha value is -5.20. The second-order valence-corrected chi connectivity index (χ2v) is 9.88. The Balaban J connectivity index is 1.65. The molecule has 0 heteroatoms. The van der Waals surface area contributed by atoms with Gasteiger partial charge in [0.2, 0.25) is 0 Å². The molecule has 0 amide bonds. The average molecular weight is 558 g/mol. The van der Waals surface area contributed by atoms with Crippen LogP contribution in [0.5, 0.6) is 0 Å². The van der Waals surface area contributed by atoms with Crippen molar-refractivity contribution in [3.8, 4) is 22.3 Å². The summed E-state index contributed by atoms with van der Waals surface area (Å²) in [7, 11) is 0. The molecule has 9 rings (SSSR count). The summed E-state index contributed by atoms with van der Waals surface area (Å²) in [6, 6.07) is -21.2. The normalized spacial score (nSPS) is 24.2. The van der Waals surface area contributed by atoms with Gasteiger partial charge in [0.25, 0.3) is 0 Å². The number of rotatable bonds is 2. The Morgan fingerprint density at radius 1 is 0.452 bits per heavy atom. The maximum Gasteiger partial charge on any atom is 0.0636 e. The van der Waals surface area contributed by atoms with E-state index in [0.29, 0.717) is 0 Å². The van der Waals surface area contributed by atoms with Crippen molar-refractivity contribution in [1.82, 2.24) is 0 Å². The van der Waals surface area contributed by atoms with Gasteiger partial charge in [0.15, 0.2) is 0 Å². The Bertz CT molecular complexity index is 3730. The van der Waals surface area contributed by atoms with E-state index in [0.717, 1.165) is 0 Å². The highest BCUT2D eigenvalue weighted by atomic mass is 14.4. The van der Waals surface area contributed by atoms with E-state index >= 15 is 0 Å². The van der Waals surface area contributed by atoms with Gasteiger partial charge in [-0.05, 0) is 101 Å². The summed E-state index contributed by atoms with van der Waals surface area (Å²) in [5.41, 5.74) is -6.37. The second-order valence-electron chi connectivity index (χ2n) is 9.88. The van der Waals surface area contributed by atoms with Gasteiger partial charge in [-0.3, -0.25) is 0 Å². The highest BCUT2D eigenvalue weighted by Crippen LogP contribution is 2.55. The first kappa shape index (κ1) is 9.68. The maximum absolute atomic E-state index is 10.2. The fourth-order valence-electron chi connectivity index (χ4n) is 5.88. The van der Waals surface area contributed by atoms with Crippen molar-refractivity contribution >= 4 is 43.1 Å². The molecule has 42 heavy (non-hydrogen) atoms. The molecule has 0 fully saturated rings. The molecule has 0 aliphatic heterocycles. The molecular formula is C42H28. The van der Waals surface area contributed by atoms with Crippen LogP contribution in [-0.2, 0) is 5.41 Å². The number of fused-ring (bicyclic) bond motifs is 9. The van der Waals surface area contributed by atoms with Gasteiger partial charge in [0, 0.05) is 5.41 Å². The van der Waals surface area contributed by atoms with Crippen molar-refractivity contribution in [3.63, 3.8) is 0 Å². The van der Waals surface area contributed by atoms with Gasteiger partial charge < -0.3 is 0 Å². The lowest BCUT2D eigenvalue weighted by atomic mass is 9.72. The average Bonchev–Trinajstić information content (AvgIpc) is 3.57. The Morgan fingerprint density at radius 2 is 1.07 bits per heavy atom. The van der Waals surface area contributed by atoms with Gasteiger partial charge in [0.05, 0.1) is 34.3 Å². The van der Waals surface area contributed by atoms with Crippen LogP contribution in [0.15, 0.2) is 151 Å². The van der Waals surface area contributed by atoms with Crippen LogP contribution in [-0.4, -0.2) is 0 Å². The summed E-state index contributed by atoms with van der Waals surface area (Å²) in [4.78, 5) is 0. The van der Waals surface area contributed by atoms with E-state index < -0.39 is 239 Å². The van der Waals surface area contributed by atoms with E-state index in [1.807, 2.05) is 0 Å². The van der Waals surface area contributed by atoms with Crippen molar-refractivity contribution in [3.05, 3.63) is 168 Å². The first-order valence-corrected chi connectivity index (χ1v) is 12.8. The molecule has 1 atom stereocenters. The third-order valence-electron chi connectivity index (χ3n) is 7.75. The molecule has 8 aromatic rings. The highest BCUT2D eigenvalue weighted by Gasteiger charge is 2.42. The zero-order valence-electron chi connectivity index (χ0n) is 46.5. The van der Waals surface area contributed by atoms with Crippen LogP contribution in [0, 0.1) is 0 Å². The number of hydrogen-bond donors (Lipinski definition) is 0. The zero-order valence-corrected chi connectivity index (χ0v) is 21.5. The standard InChI is InChI=1S/C42H28/c1-42(31-14-3-2-4-15-31)39-26-30(21-22-35(39)37-24-20-28-12-6-10-18-34(28)41(37)42)40-33-17-9-7-13-29(33)25-38-32-16-8-5-11-27(32)19-23-36(38)40/h2-26H,1H3/i2D,3D,4D,5D,6D,7D,8D,9D,10D,11D,12D,13D,14D,15D,16D,17D,18D,19D,20D,21D,22D,23D,24D,25D,26D. The summed E-state index contributed by atoms with van der Waals surface area (Å²) in [5.74, 6) is 0. The molecule has 0 heterocycles. The predicted molar refractivity (Wildman–Crippen MR) is 179 cm³/mol. The predicted octanol–water partition coefficient (Wildman–Crippen LogP) is 11.3. The van der Waals surface area contributed by atoms with Gasteiger partial charge >= 0.3 is 0 Å². The van der Waals surface area contributed by atoms with E-state index in [9.17, 15) is 12.3 Å². The largest absolute Gasteiger partial charge is 0.0636 e. The molecular weight excluding hydrogens is 504 g/mol. The Kier molecular flexibility index (Phi) is 1.99. The number of hydrogen-bond acceptors (Lipinski definition) is 0. The van der Waals surface area contributed by atoms with Gasteiger partial charge in [-0.15, -0.1) is 0 Å². The third-order valence-corrected chi connectivity index (χ3v) is 7.75. The highest BCUT2D eigenvalue weighted by molar-refractivity contribution is 6.20. The molecule has 1 unspecified atom stereocenters. The van der Waals surface area contributed by atoms with Crippen molar-refractivity contribution in [2.75, 3.05) is 0 Å². The smallest absolute Gasteiger partial charge is 0.0622 e. The SMILES string of the molecule is [2H]c1c([2H])c([2H])c(C2(C)c3c([2H])c(-c4c5c([2H])c([2H])c([2H])c([2H])c5c([2H])c5c4c([2H])c([2H])c4c([2H])c([2H])c([2H])c([2H])c45)c([2H])c([2H])c3-c3c([2H])c([2H])c4c([2H])c([2H])c([2H])c([2H])c4c32)c([2H])c1[2H]. The summed E-state index contributed by atoms with van der Waals surface area (Å²) in [6.07, 6.45) is 0. The fourth-order valence-corrected chi connectivity index (χ4v) is 5.88. The minimum atomic E-state index is -2.45. The second kappa shape index (κ2) is 8.65. The van der Waals surface area contributed by atoms with Crippen molar-refractivity contribution < 1.29 is 34.3 Å². The first-order chi connectivity index (χ1) is 31.1. The molecule has 1 aliphatic carbocycles. The molecule has 8 aromatic carbocycles. The molecule has 0 bridgehead atoms. The zero-order chi connectivity index (χ0) is 49.6. The van der Waals surface area contributed by atoms with E-state index in [4.69, 9.17) is 21.9 Å². The van der Waals surface area contributed by atoms with E-state index in [1.165, 1.54) is 6.92 Å². The topological polar surface area (TPSA) is 0 Å². The van der Waals surface area contributed by atoms with Gasteiger partial charge in [0.1, 0.15) is 0 Å². The molecule has 0 N–H and O–H groups in total. The van der Waals surface area contributed by atoms with Crippen LogP contribution in [0.2, 0.25) is 0 Å². The number of benzene rings is 8. The van der Waals surface area contributed by atoms with Gasteiger partial charge in [-0.2, -0.15) is 0 Å². The van der Waals surface area contributed by atoms with Crippen LogP contribution in [0.4, 0.5) is 0 Å². The van der Waals surface area contributed by atoms with Crippen LogP contribution in [0.3, 0.4) is 0 Å². The molecule has 0 aromatic heterocycles. The van der Waals surface area contributed by atoms with Gasteiger partial charge in [-0.25, -0.2) is 0 Å². The lowest BCUT2D eigenvalue weighted by Gasteiger charge is -2.30. The monoisotopic (exact) mass is 557 g/mol. The van der Waals surface area contributed by atoms with Crippen LogP contribution in [0.25, 0.3) is 65.3 Å². The molecule has 0 nitrogen and oxygen atoms in total. The maximum atomic E-state index is 10.2.